The van der Waals surface area contributed by atoms with Crippen LogP contribution in [0.3, 0.4) is 0 Å². The van der Waals surface area contributed by atoms with Gasteiger partial charge in [0.1, 0.15) is 11.6 Å². The van der Waals surface area contributed by atoms with Crippen molar-refractivity contribution in [3.63, 3.8) is 0 Å². The van der Waals surface area contributed by atoms with Gasteiger partial charge in [-0.1, -0.05) is 50.9 Å². The maximum absolute atomic E-state index is 14.7. The highest BCUT2D eigenvalue weighted by Gasteiger charge is 2.30. The first-order valence-electron chi connectivity index (χ1n) is 11.7. The molecule has 30 heavy (non-hydrogen) atoms. The molecule has 0 saturated heterocycles. The van der Waals surface area contributed by atoms with E-state index >= 15 is 0 Å². The lowest BCUT2D eigenvalue weighted by atomic mass is 9.69. The summed E-state index contributed by atoms with van der Waals surface area (Å²) >= 11 is 0. The van der Waals surface area contributed by atoms with Crippen LogP contribution < -0.4 is 0 Å². The molecule has 0 heterocycles. The molecule has 2 aliphatic rings. The Morgan fingerprint density at radius 3 is 2.37 bits per heavy atom. The second-order valence-electron chi connectivity index (χ2n) is 9.28. The molecule has 2 aromatic carbocycles. The first-order valence-corrected chi connectivity index (χ1v) is 11.7. The van der Waals surface area contributed by atoms with E-state index in [9.17, 15) is 8.78 Å². The van der Waals surface area contributed by atoms with Crippen LogP contribution in [0.2, 0.25) is 0 Å². The molecule has 1 fully saturated rings. The van der Waals surface area contributed by atoms with Gasteiger partial charge in [-0.25, -0.2) is 8.78 Å². The van der Waals surface area contributed by atoms with Crippen LogP contribution in [0.4, 0.5) is 8.78 Å². The molecule has 0 spiro atoms. The Kier molecular flexibility index (Phi) is 6.88. The van der Waals surface area contributed by atoms with E-state index in [2.05, 4.69) is 18.8 Å². The zero-order valence-corrected chi connectivity index (χ0v) is 18.0. The summed E-state index contributed by atoms with van der Waals surface area (Å²) in [5.74, 6) is 7.86. The van der Waals surface area contributed by atoms with E-state index in [1.165, 1.54) is 74.6 Å². The van der Waals surface area contributed by atoms with E-state index in [0.717, 1.165) is 24.7 Å². The fourth-order valence-electron chi connectivity index (χ4n) is 5.42. The highest BCUT2D eigenvalue weighted by atomic mass is 19.1. The molecule has 2 aliphatic carbocycles. The summed E-state index contributed by atoms with van der Waals surface area (Å²) in [4.78, 5) is 0. The van der Waals surface area contributed by atoms with Crippen molar-refractivity contribution in [2.45, 2.75) is 71.1 Å². The summed E-state index contributed by atoms with van der Waals surface area (Å²) in [6, 6.07) is 9.68. The zero-order chi connectivity index (χ0) is 20.9. The predicted octanol–water partition coefficient (Wildman–Crippen LogP) is 7.47. The van der Waals surface area contributed by atoms with Crippen LogP contribution in [-0.4, -0.2) is 0 Å². The summed E-state index contributed by atoms with van der Waals surface area (Å²) in [5, 5.41) is 0. The van der Waals surface area contributed by atoms with Crippen LogP contribution >= 0.6 is 0 Å². The molecule has 2 aromatic rings. The number of aryl methyl sites for hydroxylation is 1. The van der Waals surface area contributed by atoms with Crippen LogP contribution in [0, 0.1) is 41.2 Å². The largest absolute Gasteiger partial charge is 0.207 e. The maximum atomic E-state index is 14.7. The molecule has 0 radical (unpaired) electrons. The van der Waals surface area contributed by atoms with Crippen LogP contribution in [-0.2, 0) is 12.8 Å². The van der Waals surface area contributed by atoms with Crippen LogP contribution in [0.15, 0.2) is 36.4 Å². The molecule has 0 N–H and O–H groups in total. The minimum Gasteiger partial charge on any atom is -0.207 e. The average Bonchev–Trinajstić information content (AvgIpc) is 2.77. The minimum absolute atomic E-state index is 0.229. The summed E-state index contributed by atoms with van der Waals surface area (Å²) in [6.45, 7) is 2.28. The molecule has 0 aromatic heterocycles. The van der Waals surface area contributed by atoms with Gasteiger partial charge in [0.25, 0.3) is 0 Å². The Morgan fingerprint density at radius 2 is 1.63 bits per heavy atom. The third kappa shape index (κ3) is 5.12. The first-order chi connectivity index (χ1) is 14.6. The lowest BCUT2D eigenvalue weighted by molar-refractivity contribution is 0.183. The lowest BCUT2D eigenvalue weighted by Gasteiger charge is -2.36. The molecule has 0 amide bonds. The molecular formula is C28H32F2. The summed E-state index contributed by atoms with van der Waals surface area (Å²) in [5.41, 5.74) is 3.59. The predicted molar refractivity (Wildman–Crippen MR) is 119 cm³/mol. The molecule has 1 saturated carbocycles. The third-order valence-corrected chi connectivity index (χ3v) is 7.27. The van der Waals surface area contributed by atoms with Gasteiger partial charge >= 0.3 is 0 Å². The second kappa shape index (κ2) is 9.78. The lowest BCUT2D eigenvalue weighted by Crippen LogP contribution is -2.26. The monoisotopic (exact) mass is 406 g/mol. The smallest absolute Gasteiger partial charge is 0.139 e. The van der Waals surface area contributed by atoms with E-state index in [-0.39, 0.29) is 11.6 Å². The van der Waals surface area contributed by atoms with Gasteiger partial charge in [0.05, 0.1) is 5.56 Å². The number of fused-ring (bicyclic) bond motifs is 1. The van der Waals surface area contributed by atoms with Crippen LogP contribution in [0.1, 0.15) is 80.5 Å². The highest BCUT2D eigenvalue weighted by molar-refractivity contribution is 5.47. The maximum Gasteiger partial charge on any atom is 0.139 e. The van der Waals surface area contributed by atoms with Crippen molar-refractivity contribution in [3.05, 3.63) is 70.3 Å². The number of hydrogen-bond donors (Lipinski definition) is 0. The minimum atomic E-state index is -0.287. The first kappa shape index (κ1) is 21.1. The Labute approximate surface area is 180 Å². The fraction of sp³-hybridized carbons (Fsp3) is 0.500. The normalized spacial score (nSPS) is 23.4. The summed E-state index contributed by atoms with van der Waals surface area (Å²) in [7, 11) is 0. The van der Waals surface area contributed by atoms with Crippen molar-refractivity contribution in [3.8, 4) is 11.8 Å². The zero-order valence-electron chi connectivity index (χ0n) is 18.0. The second-order valence-corrected chi connectivity index (χ2v) is 9.28. The van der Waals surface area contributed by atoms with E-state index in [4.69, 9.17) is 0 Å². The Bertz CT molecular complexity index is 908. The number of benzene rings is 2. The summed E-state index contributed by atoms with van der Waals surface area (Å²) < 4.78 is 27.7. The highest BCUT2D eigenvalue weighted by Crippen LogP contribution is 2.41. The van der Waals surface area contributed by atoms with Gasteiger partial charge in [0.15, 0.2) is 0 Å². The summed E-state index contributed by atoms with van der Waals surface area (Å²) in [6.07, 6.45) is 12.8. The Hall–Kier alpha value is -2.14. The molecule has 0 bridgehead atoms. The van der Waals surface area contributed by atoms with Gasteiger partial charge in [-0.05, 0) is 97.4 Å². The van der Waals surface area contributed by atoms with Gasteiger partial charge in [0, 0.05) is 5.56 Å². The molecule has 0 aliphatic heterocycles. The average molecular weight is 407 g/mol. The van der Waals surface area contributed by atoms with E-state index in [0.29, 0.717) is 17.0 Å². The number of hydrogen-bond acceptors (Lipinski definition) is 0. The molecule has 158 valence electrons. The van der Waals surface area contributed by atoms with Crippen molar-refractivity contribution in [2.75, 3.05) is 0 Å². The molecule has 4 rings (SSSR count). The van der Waals surface area contributed by atoms with Gasteiger partial charge in [-0.3, -0.25) is 0 Å². The SMILES string of the molecule is CCCCC1CCC(C2CCc3cc(C#Cc4ccc(F)cc4)c(F)cc3C2)CC1. The standard InChI is InChI=1S/C28H32F2/c1-2-3-4-20-5-10-22(11-6-20)23-13-14-24-17-25(28(30)19-26(24)18-23)12-7-21-8-15-27(29)16-9-21/h8-9,15-17,19-20,22-23H,2-6,10-11,13-14,18H2,1H3. The van der Waals surface area contributed by atoms with Crippen LogP contribution in [0.5, 0.6) is 0 Å². The third-order valence-electron chi connectivity index (χ3n) is 7.27. The number of halogens is 2. The van der Waals surface area contributed by atoms with E-state index in [1.54, 1.807) is 18.2 Å². The number of unbranched alkanes of at least 4 members (excludes halogenated alkanes) is 1. The Balaban J connectivity index is 1.41. The molecule has 1 unspecified atom stereocenters. The molecule has 0 nitrogen and oxygen atoms in total. The van der Waals surface area contributed by atoms with Gasteiger partial charge in [-0.15, -0.1) is 0 Å². The van der Waals surface area contributed by atoms with Gasteiger partial charge in [-0.2, -0.15) is 0 Å². The topological polar surface area (TPSA) is 0 Å². The molecule has 1 atom stereocenters. The molecule has 2 heteroatoms. The van der Waals surface area contributed by atoms with Crippen molar-refractivity contribution in [1.82, 2.24) is 0 Å². The van der Waals surface area contributed by atoms with Crippen molar-refractivity contribution >= 4 is 0 Å². The van der Waals surface area contributed by atoms with Crippen molar-refractivity contribution in [1.29, 1.82) is 0 Å². The van der Waals surface area contributed by atoms with Crippen LogP contribution in [0.25, 0.3) is 0 Å². The van der Waals surface area contributed by atoms with E-state index < -0.39 is 0 Å². The Morgan fingerprint density at radius 1 is 0.867 bits per heavy atom. The van der Waals surface area contributed by atoms with Gasteiger partial charge in [0.2, 0.25) is 0 Å². The quantitative estimate of drug-likeness (QED) is 0.462. The van der Waals surface area contributed by atoms with E-state index in [1.807, 2.05) is 6.07 Å². The fourth-order valence-corrected chi connectivity index (χ4v) is 5.42. The van der Waals surface area contributed by atoms with Gasteiger partial charge < -0.3 is 0 Å². The molecular weight excluding hydrogens is 374 g/mol. The van der Waals surface area contributed by atoms with Crippen molar-refractivity contribution in [2.24, 2.45) is 17.8 Å². The number of rotatable bonds is 4. The van der Waals surface area contributed by atoms with Crippen molar-refractivity contribution < 1.29 is 8.78 Å².